The molecule has 1 aromatic rings. The standard InChI is InChI=1S/C14H15N3/c15-9-11-1-5-13(6-2-11)17-14-7-3-12(10-16)4-8-14/h1-2,5-6,12,14,17H,3-4,7-8H2. The van der Waals surface area contributed by atoms with Crippen LogP contribution in [0.2, 0.25) is 0 Å². The van der Waals surface area contributed by atoms with Crippen molar-refractivity contribution in [2.45, 2.75) is 31.7 Å². The topological polar surface area (TPSA) is 59.6 Å². The van der Waals surface area contributed by atoms with Crippen LogP contribution in [0.15, 0.2) is 24.3 Å². The van der Waals surface area contributed by atoms with Crippen molar-refractivity contribution in [1.29, 1.82) is 10.5 Å². The Labute approximate surface area is 102 Å². The number of benzene rings is 1. The van der Waals surface area contributed by atoms with E-state index < -0.39 is 0 Å². The molecule has 0 atom stereocenters. The van der Waals surface area contributed by atoms with Crippen LogP contribution in [0.25, 0.3) is 0 Å². The predicted molar refractivity (Wildman–Crippen MR) is 66.1 cm³/mol. The maximum Gasteiger partial charge on any atom is 0.0991 e. The molecule has 1 aromatic carbocycles. The van der Waals surface area contributed by atoms with Gasteiger partial charge in [0, 0.05) is 17.6 Å². The van der Waals surface area contributed by atoms with Crippen LogP contribution in [0.4, 0.5) is 5.69 Å². The number of nitrogens with one attached hydrogen (secondary N) is 1. The monoisotopic (exact) mass is 225 g/mol. The smallest absolute Gasteiger partial charge is 0.0991 e. The van der Waals surface area contributed by atoms with Gasteiger partial charge in [0.2, 0.25) is 0 Å². The van der Waals surface area contributed by atoms with Crippen molar-refractivity contribution in [2.75, 3.05) is 5.32 Å². The Hall–Kier alpha value is -2.00. The van der Waals surface area contributed by atoms with Crippen molar-refractivity contribution in [2.24, 2.45) is 5.92 Å². The Morgan fingerprint density at radius 2 is 1.65 bits per heavy atom. The predicted octanol–water partition coefficient (Wildman–Crippen LogP) is 3.05. The van der Waals surface area contributed by atoms with Gasteiger partial charge in [0.15, 0.2) is 0 Å². The van der Waals surface area contributed by atoms with Crippen LogP contribution in [0.5, 0.6) is 0 Å². The molecule has 3 heteroatoms. The van der Waals surface area contributed by atoms with Gasteiger partial charge in [0.25, 0.3) is 0 Å². The molecule has 0 amide bonds. The highest BCUT2D eigenvalue weighted by Gasteiger charge is 2.20. The van der Waals surface area contributed by atoms with Crippen LogP contribution in [0.3, 0.4) is 0 Å². The van der Waals surface area contributed by atoms with Crippen LogP contribution in [-0.4, -0.2) is 6.04 Å². The fourth-order valence-corrected chi connectivity index (χ4v) is 2.24. The second-order valence-corrected chi connectivity index (χ2v) is 4.51. The molecule has 0 radical (unpaired) electrons. The average molecular weight is 225 g/mol. The Kier molecular flexibility index (Phi) is 3.62. The van der Waals surface area contributed by atoms with Crippen molar-refractivity contribution >= 4 is 5.69 Å². The molecular formula is C14H15N3. The van der Waals surface area contributed by atoms with Crippen molar-refractivity contribution in [3.05, 3.63) is 29.8 Å². The molecule has 0 aromatic heterocycles. The van der Waals surface area contributed by atoms with Crippen LogP contribution < -0.4 is 5.32 Å². The van der Waals surface area contributed by atoms with Crippen LogP contribution in [0.1, 0.15) is 31.2 Å². The molecule has 0 heterocycles. The van der Waals surface area contributed by atoms with Crippen molar-refractivity contribution < 1.29 is 0 Å². The third-order valence-corrected chi connectivity index (χ3v) is 3.29. The minimum absolute atomic E-state index is 0.244. The first kappa shape index (κ1) is 11.5. The van der Waals surface area contributed by atoms with E-state index in [4.69, 9.17) is 10.5 Å². The summed E-state index contributed by atoms with van der Waals surface area (Å²) < 4.78 is 0. The third-order valence-electron chi connectivity index (χ3n) is 3.29. The largest absolute Gasteiger partial charge is 0.382 e. The molecular weight excluding hydrogens is 210 g/mol. The molecule has 1 saturated carbocycles. The molecule has 1 fully saturated rings. The number of anilines is 1. The van der Waals surface area contributed by atoms with Crippen molar-refractivity contribution in [1.82, 2.24) is 0 Å². The second kappa shape index (κ2) is 5.37. The van der Waals surface area contributed by atoms with Gasteiger partial charge in [-0.1, -0.05) is 0 Å². The van der Waals surface area contributed by atoms with Crippen molar-refractivity contribution in [3.8, 4) is 12.1 Å². The van der Waals surface area contributed by atoms with Gasteiger partial charge in [-0.25, -0.2) is 0 Å². The third kappa shape index (κ3) is 2.98. The zero-order valence-electron chi connectivity index (χ0n) is 9.69. The molecule has 0 spiro atoms. The number of nitriles is 2. The molecule has 0 saturated heterocycles. The Morgan fingerprint density at radius 1 is 1.00 bits per heavy atom. The highest BCUT2D eigenvalue weighted by atomic mass is 14.9. The summed E-state index contributed by atoms with van der Waals surface area (Å²) in [6, 6.07) is 12.4. The Morgan fingerprint density at radius 3 is 2.18 bits per heavy atom. The molecule has 2 rings (SSSR count). The maximum atomic E-state index is 8.82. The maximum absolute atomic E-state index is 8.82. The zero-order valence-corrected chi connectivity index (χ0v) is 9.69. The summed E-state index contributed by atoms with van der Waals surface area (Å²) in [5, 5.41) is 21.0. The van der Waals surface area contributed by atoms with Gasteiger partial charge in [-0.2, -0.15) is 10.5 Å². The van der Waals surface area contributed by atoms with Crippen molar-refractivity contribution in [3.63, 3.8) is 0 Å². The van der Waals surface area contributed by atoms with E-state index in [9.17, 15) is 0 Å². The van der Waals surface area contributed by atoms with Crippen LogP contribution in [0, 0.1) is 28.6 Å². The zero-order chi connectivity index (χ0) is 12.1. The van der Waals surface area contributed by atoms with Gasteiger partial charge < -0.3 is 5.32 Å². The number of hydrogen-bond acceptors (Lipinski definition) is 3. The summed E-state index contributed by atoms with van der Waals surface area (Å²) in [5.41, 5.74) is 1.74. The van der Waals surface area contributed by atoms with Gasteiger partial charge in [0.1, 0.15) is 0 Å². The Bertz CT molecular complexity index is 442. The van der Waals surface area contributed by atoms with Gasteiger partial charge in [-0.15, -0.1) is 0 Å². The lowest BCUT2D eigenvalue weighted by atomic mass is 9.87. The molecule has 0 bridgehead atoms. The van der Waals surface area contributed by atoms with Gasteiger partial charge in [-0.05, 0) is 49.9 Å². The van der Waals surface area contributed by atoms with Crippen LogP contribution >= 0.6 is 0 Å². The molecule has 1 aliphatic rings. The minimum atomic E-state index is 0.244. The lowest BCUT2D eigenvalue weighted by Crippen LogP contribution is -2.25. The highest BCUT2D eigenvalue weighted by Crippen LogP contribution is 2.26. The number of nitrogens with zero attached hydrogens (tertiary/aromatic N) is 2. The summed E-state index contributed by atoms with van der Waals surface area (Å²) in [5.74, 6) is 0.244. The molecule has 3 nitrogen and oxygen atoms in total. The van der Waals surface area contributed by atoms with Gasteiger partial charge >= 0.3 is 0 Å². The van der Waals surface area contributed by atoms with E-state index in [0.717, 1.165) is 31.4 Å². The molecule has 17 heavy (non-hydrogen) atoms. The average Bonchev–Trinajstić information content (AvgIpc) is 2.40. The van der Waals surface area contributed by atoms with E-state index in [1.54, 1.807) is 0 Å². The highest BCUT2D eigenvalue weighted by molar-refractivity contribution is 5.47. The van der Waals surface area contributed by atoms with E-state index in [0.29, 0.717) is 11.6 Å². The molecule has 1 N–H and O–H groups in total. The summed E-state index contributed by atoms with van der Waals surface area (Å²) in [4.78, 5) is 0. The Balaban J connectivity index is 1.89. The number of hydrogen-bond donors (Lipinski definition) is 1. The fraction of sp³-hybridized carbons (Fsp3) is 0.429. The lowest BCUT2D eigenvalue weighted by Gasteiger charge is -2.26. The SMILES string of the molecule is N#Cc1ccc(NC2CCC(C#N)CC2)cc1. The summed E-state index contributed by atoms with van der Waals surface area (Å²) in [6.07, 6.45) is 4.09. The van der Waals surface area contributed by atoms with E-state index in [-0.39, 0.29) is 5.92 Å². The van der Waals surface area contributed by atoms with E-state index in [1.807, 2.05) is 24.3 Å². The molecule has 0 unspecified atom stereocenters. The first-order valence-electron chi connectivity index (χ1n) is 5.98. The first-order chi connectivity index (χ1) is 8.31. The number of rotatable bonds is 2. The van der Waals surface area contributed by atoms with Gasteiger partial charge in [0.05, 0.1) is 17.7 Å². The minimum Gasteiger partial charge on any atom is -0.382 e. The van der Waals surface area contributed by atoms with Crippen LogP contribution in [-0.2, 0) is 0 Å². The quantitative estimate of drug-likeness (QED) is 0.841. The normalized spacial score (nSPS) is 23.4. The van der Waals surface area contributed by atoms with E-state index in [2.05, 4.69) is 17.5 Å². The molecule has 0 aliphatic heterocycles. The molecule has 1 aliphatic carbocycles. The first-order valence-corrected chi connectivity index (χ1v) is 5.98. The second-order valence-electron chi connectivity index (χ2n) is 4.51. The van der Waals surface area contributed by atoms with E-state index >= 15 is 0 Å². The van der Waals surface area contributed by atoms with E-state index in [1.165, 1.54) is 0 Å². The lowest BCUT2D eigenvalue weighted by molar-refractivity contribution is 0.397. The summed E-state index contributed by atoms with van der Waals surface area (Å²) in [7, 11) is 0. The summed E-state index contributed by atoms with van der Waals surface area (Å²) >= 11 is 0. The summed E-state index contributed by atoms with van der Waals surface area (Å²) in [6.45, 7) is 0. The van der Waals surface area contributed by atoms with Gasteiger partial charge in [-0.3, -0.25) is 0 Å². The molecule has 86 valence electrons. The fourth-order valence-electron chi connectivity index (χ4n) is 2.24.